The lowest BCUT2D eigenvalue weighted by Crippen LogP contribution is -2.48. The molecule has 0 saturated carbocycles. The zero-order valence-electron chi connectivity index (χ0n) is 11.5. The predicted molar refractivity (Wildman–Crippen MR) is 78.3 cm³/mol. The Balaban J connectivity index is 2.14. The van der Waals surface area contributed by atoms with E-state index in [4.69, 9.17) is 12.2 Å². The van der Waals surface area contributed by atoms with Gasteiger partial charge in [0.1, 0.15) is 0 Å². The van der Waals surface area contributed by atoms with Crippen LogP contribution in [-0.4, -0.2) is 42.2 Å². The van der Waals surface area contributed by atoms with Crippen LogP contribution in [0.1, 0.15) is 40.0 Å². The van der Waals surface area contributed by atoms with Crippen molar-refractivity contribution in [1.82, 2.24) is 15.5 Å². The molecule has 0 atom stereocenters. The van der Waals surface area contributed by atoms with E-state index in [-0.39, 0.29) is 0 Å². The highest BCUT2D eigenvalue weighted by molar-refractivity contribution is 7.80. The fraction of sp³-hybridized carbons (Fsp3) is 0.923. The van der Waals surface area contributed by atoms with E-state index in [0.29, 0.717) is 12.0 Å². The maximum absolute atomic E-state index is 5.30. The number of nitrogens with one attached hydrogen (secondary N) is 2. The summed E-state index contributed by atoms with van der Waals surface area (Å²) >= 11 is 5.30. The topological polar surface area (TPSA) is 27.3 Å². The van der Waals surface area contributed by atoms with Crippen LogP contribution in [0, 0.1) is 5.92 Å². The largest absolute Gasteiger partial charge is 0.362 e. The molecule has 3 nitrogen and oxygen atoms in total. The number of nitrogens with zero attached hydrogens (tertiary/aromatic N) is 1. The van der Waals surface area contributed by atoms with E-state index in [1.54, 1.807) is 0 Å². The molecule has 100 valence electrons. The van der Waals surface area contributed by atoms with Gasteiger partial charge in [-0.25, -0.2) is 0 Å². The summed E-state index contributed by atoms with van der Waals surface area (Å²) in [5.74, 6) is 0.640. The van der Waals surface area contributed by atoms with E-state index in [9.17, 15) is 0 Å². The first-order chi connectivity index (χ1) is 8.11. The first kappa shape index (κ1) is 14.7. The van der Waals surface area contributed by atoms with Gasteiger partial charge in [-0.1, -0.05) is 20.8 Å². The van der Waals surface area contributed by atoms with E-state index in [0.717, 1.165) is 11.7 Å². The lowest BCUT2D eigenvalue weighted by Gasteiger charge is -2.32. The first-order valence-corrected chi connectivity index (χ1v) is 7.29. The highest BCUT2D eigenvalue weighted by Gasteiger charge is 2.18. The Morgan fingerprint density at radius 1 is 1.35 bits per heavy atom. The molecule has 0 radical (unpaired) electrons. The summed E-state index contributed by atoms with van der Waals surface area (Å²) < 4.78 is 0. The number of likely N-dealkylation sites (tertiary alicyclic amines) is 1. The summed E-state index contributed by atoms with van der Waals surface area (Å²) in [4.78, 5) is 2.54. The molecule has 0 unspecified atom stereocenters. The molecular formula is C13H27N3S. The molecule has 1 heterocycles. The van der Waals surface area contributed by atoms with Crippen LogP contribution in [0.5, 0.6) is 0 Å². The van der Waals surface area contributed by atoms with Crippen LogP contribution < -0.4 is 10.6 Å². The van der Waals surface area contributed by atoms with E-state index >= 15 is 0 Å². The van der Waals surface area contributed by atoms with Gasteiger partial charge in [-0.2, -0.15) is 0 Å². The minimum absolute atomic E-state index is 0.565. The summed E-state index contributed by atoms with van der Waals surface area (Å²) in [6.45, 7) is 11.2. The molecule has 2 N–H and O–H groups in total. The molecule has 0 amide bonds. The molecular weight excluding hydrogens is 230 g/mol. The molecule has 0 bridgehead atoms. The summed E-state index contributed by atoms with van der Waals surface area (Å²) in [7, 11) is 0. The van der Waals surface area contributed by atoms with Gasteiger partial charge in [0.2, 0.25) is 0 Å². The molecule has 1 saturated heterocycles. The molecule has 1 aliphatic rings. The normalized spacial score (nSPS) is 18.4. The molecule has 1 rings (SSSR count). The third-order valence-corrected chi connectivity index (χ3v) is 3.40. The van der Waals surface area contributed by atoms with Crippen LogP contribution in [0.15, 0.2) is 0 Å². The Kier molecular flexibility index (Phi) is 6.82. The SMILES string of the molecule is CCCN1CCC(NC(=S)NCC(C)C)CC1. The fourth-order valence-corrected chi connectivity index (χ4v) is 2.40. The van der Waals surface area contributed by atoms with E-state index in [1.807, 2.05) is 0 Å². The third-order valence-electron chi connectivity index (χ3n) is 3.13. The van der Waals surface area contributed by atoms with Crippen molar-refractivity contribution in [3.8, 4) is 0 Å². The summed E-state index contributed by atoms with van der Waals surface area (Å²) in [6, 6.07) is 0.565. The van der Waals surface area contributed by atoms with Crippen molar-refractivity contribution in [2.75, 3.05) is 26.2 Å². The van der Waals surface area contributed by atoms with Crippen LogP contribution in [0.2, 0.25) is 0 Å². The van der Waals surface area contributed by atoms with Crippen molar-refractivity contribution >= 4 is 17.3 Å². The van der Waals surface area contributed by atoms with Gasteiger partial charge in [-0.05, 0) is 43.9 Å². The lowest BCUT2D eigenvalue weighted by atomic mass is 10.1. The Morgan fingerprint density at radius 2 is 2.00 bits per heavy atom. The monoisotopic (exact) mass is 257 g/mol. The molecule has 0 aromatic carbocycles. The second-order valence-corrected chi connectivity index (χ2v) is 5.77. The molecule has 0 aliphatic carbocycles. The molecule has 0 spiro atoms. The quantitative estimate of drug-likeness (QED) is 0.737. The number of hydrogen-bond acceptors (Lipinski definition) is 2. The minimum Gasteiger partial charge on any atom is -0.362 e. The van der Waals surface area contributed by atoms with Crippen LogP contribution in [0.4, 0.5) is 0 Å². The molecule has 1 aliphatic heterocycles. The number of thiocarbonyl (C=S) groups is 1. The van der Waals surface area contributed by atoms with Gasteiger partial charge in [0.05, 0.1) is 0 Å². The Morgan fingerprint density at radius 3 is 2.53 bits per heavy atom. The highest BCUT2D eigenvalue weighted by atomic mass is 32.1. The van der Waals surface area contributed by atoms with Crippen LogP contribution >= 0.6 is 12.2 Å². The molecule has 0 aromatic heterocycles. The Hall–Kier alpha value is -0.350. The van der Waals surface area contributed by atoms with Crippen molar-refractivity contribution in [1.29, 1.82) is 0 Å². The average molecular weight is 257 g/mol. The second-order valence-electron chi connectivity index (χ2n) is 5.36. The number of rotatable bonds is 5. The van der Waals surface area contributed by atoms with E-state index < -0.39 is 0 Å². The standard InChI is InChI=1S/C13H27N3S/c1-4-7-16-8-5-12(6-9-16)15-13(17)14-10-11(2)3/h11-12H,4-10H2,1-3H3,(H2,14,15,17). The van der Waals surface area contributed by atoms with Crippen LogP contribution in [0.25, 0.3) is 0 Å². The van der Waals surface area contributed by atoms with Gasteiger partial charge in [0.15, 0.2) is 5.11 Å². The Labute approximate surface area is 111 Å². The van der Waals surface area contributed by atoms with Crippen molar-refractivity contribution in [2.24, 2.45) is 5.92 Å². The number of piperidine rings is 1. The van der Waals surface area contributed by atoms with Gasteiger partial charge in [0.25, 0.3) is 0 Å². The van der Waals surface area contributed by atoms with Gasteiger partial charge in [-0.3, -0.25) is 0 Å². The third kappa shape index (κ3) is 6.22. The fourth-order valence-electron chi connectivity index (χ4n) is 2.15. The van der Waals surface area contributed by atoms with Crippen LogP contribution in [0.3, 0.4) is 0 Å². The zero-order valence-corrected chi connectivity index (χ0v) is 12.3. The minimum atomic E-state index is 0.565. The van der Waals surface area contributed by atoms with Gasteiger partial charge >= 0.3 is 0 Å². The molecule has 17 heavy (non-hydrogen) atoms. The summed E-state index contributed by atoms with van der Waals surface area (Å²) in [6.07, 6.45) is 3.68. The average Bonchev–Trinajstić information content (AvgIpc) is 2.29. The smallest absolute Gasteiger partial charge is 0.166 e. The lowest BCUT2D eigenvalue weighted by molar-refractivity contribution is 0.206. The van der Waals surface area contributed by atoms with Crippen molar-refractivity contribution < 1.29 is 0 Å². The molecule has 0 aromatic rings. The van der Waals surface area contributed by atoms with Gasteiger partial charge < -0.3 is 15.5 Å². The van der Waals surface area contributed by atoms with Crippen molar-refractivity contribution in [3.05, 3.63) is 0 Å². The van der Waals surface area contributed by atoms with Crippen molar-refractivity contribution in [3.63, 3.8) is 0 Å². The maximum Gasteiger partial charge on any atom is 0.166 e. The van der Waals surface area contributed by atoms with E-state index in [1.165, 1.54) is 38.9 Å². The second kappa shape index (κ2) is 7.88. The zero-order chi connectivity index (χ0) is 12.7. The molecule has 4 heteroatoms. The molecule has 1 fully saturated rings. The highest BCUT2D eigenvalue weighted by Crippen LogP contribution is 2.10. The summed E-state index contributed by atoms with van der Waals surface area (Å²) in [5, 5.41) is 7.53. The van der Waals surface area contributed by atoms with Gasteiger partial charge in [0, 0.05) is 25.7 Å². The predicted octanol–water partition coefficient (Wildman–Crippen LogP) is 1.98. The van der Waals surface area contributed by atoms with Crippen LogP contribution in [-0.2, 0) is 0 Å². The summed E-state index contributed by atoms with van der Waals surface area (Å²) in [5.41, 5.74) is 0. The van der Waals surface area contributed by atoms with Gasteiger partial charge in [-0.15, -0.1) is 0 Å². The first-order valence-electron chi connectivity index (χ1n) is 6.88. The van der Waals surface area contributed by atoms with E-state index in [2.05, 4.69) is 36.3 Å². The van der Waals surface area contributed by atoms with Crippen molar-refractivity contribution in [2.45, 2.75) is 46.1 Å². The Bertz CT molecular complexity index is 223. The number of hydrogen-bond donors (Lipinski definition) is 2. The maximum atomic E-state index is 5.30.